The van der Waals surface area contributed by atoms with E-state index in [-0.39, 0.29) is 24.0 Å². The molecule has 28 heavy (non-hydrogen) atoms. The van der Waals surface area contributed by atoms with Crippen LogP contribution in [0.15, 0.2) is 64.8 Å². The number of aryl methyl sites for hydroxylation is 1. The van der Waals surface area contributed by atoms with E-state index < -0.39 is 5.91 Å². The van der Waals surface area contributed by atoms with Gasteiger partial charge in [0.1, 0.15) is 6.54 Å². The Bertz CT molecular complexity index is 1010. The number of amides is 2. The summed E-state index contributed by atoms with van der Waals surface area (Å²) < 4.78 is 1.77. The normalized spacial score (nSPS) is 11.2. The molecular formula is C21H22N4O3. The van der Waals surface area contributed by atoms with Crippen molar-refractivity contribution in [1.82, 2.24) is 9.88 Å². The molecule has 2 aromatic carbocycles. The number of nitrogens with zero attached hydrogens (tertiary/aromatic N) is 3. The van der Waals surface area contributed by atoms with Gasteiger partial charge in [0.15, 0.2) is 5.69 Å². The molecule has 0 aliphatic carbocycles. The summed E-state index contributed by atoms with van der Waals surface area (Å²) in [7, 11) is 0. The van der Waals surface area contributed by atoms with Crippen LogP contribution in [0.25, 0.3) is 10.9 Å². The molecular weight excluding hydrogens is 356 g/mol. The lowest BCUT2D eigenvalue weighted by Gasteiger charge is -2.05. The number of carbonyl (C=O) groups is 2. The number of unbranched alkanes of at least 4 members (excludes halogenated alkanes) is 1. The van der Waals surface area contributed by atoms with Crippen LogP contribution in [0.5, 0.6) is 5.88 Å². The number of carbonyl (C=O) groups excluding carboxylic acids is 2. The maximum Gasteiger partial charge on any atom is 0.283 e. The highest BCUT2D eigenvalue weighted by atomic mass is 16.3. The molecule has 0 aliphatic heterocycles. The Morgan fingerprint density at radius 3 is 2.54 bits per heavy atom. The van der Waals surface area contributed by atoms with Crippen molar-refractivity contribution in [2.75, 3.05) is 6.54 Å². The number of fused-ring (bicyclic) bond motifs is 1. The van der Waals surface area contributed by atoms with Gasteiger partial charge in [-0.25, -0.2) is 0 Å². The lowest BCUT2D eigenvalue weighted by atomic mass is 10.2. The molecule has 0 aliphatic rings. The Kier molecular flexibility index (Phi) is 6.16. The molecule has 0 radical (unpaired) electrons. The minimum absolute atomic E-state index is 0.0143. The second kappa shape index (κ2) is 8.94. The highest BCUT2D eigenvalue weighted by molar-refractivity contribution is 5.97. The third-order valence-corrected chi connectivity index (χ3v) is 4.35. The lowest BCUT2D eigenvalue weighted by molar-refractivity contribution is -0.117. The minimum Gasteiger partial charge on any atom is -0.493 e. The summed E-state index contributed by atoms with van der Waals surface area (Å²) in [5.74, 6) is -0.975. The SMILES string of the molecule is CCCCn1c(O)c(N=NC(=O)CNC(=O)c2ccccc2)c2ccccc21. The Morgan fingerprint density at radius 2 is 1.79 bits per heavy atom. The number of nitrogens with one attached hydrogen (secondary N) is 1. The summed E-state index contributed by atoms with van der Waals surface area (Å²) in [6.45, 7) is 2.46. The number of azo groups is 1. The Labute approximate surface area is 162 Å². The monoisotopic (exact) mass is 378 g/mol. The molecule has 0 bridgehead atoms. The Hall–Kier alpha value is -3.48. The van der Waals surface area contributed by atoms with Crippen LogP contribution in [0.1, 0.15) is 30.1 Å². The van der Waals surface area contributed by atoms with E-state index in [1.165, 1.54) is 0 Å². The Morgan fingerprint density at radius 1 is 1.07 bits per heavy atom. The summed E-state index contributed by atoms with van der Waals surface area (Å²) in [6, 6.07) is 16.1. The van der Waals surface area contributed by atoms with Crippen molar-refractivity contribution in [1.29, 1.82) is 0 Å². The molecule has 7 heteroatoms. The zero-order valence-electron chi connectivity index (χ0n) is 15.6. The van der Waals surface area contributed by atoms with Crippen LogP contribution < -0.4 is 5.32 Å². The molecule has 0 saturated carbocycles. The molecule has 0 saturated heterocycles. The van der Waals surface area contributed by atoms with E-state index in [0.29, 0.717) is 12.1 Å². The molecule has 2 amide bonds. The first kappa shape index (κ1) is 19.3. The fraction of sp³-hybridized carbons (Fsp3) is 0.238. The van der Waals surface area contributed by atoms with Gasteiger partial charge in [-0.3, -0.25) is 9.59 Å². The lowest BCUT2D eigenvalue weighted by Crippen LogP contribution is -2.28. The summed E-state index contributed by atoms with van der Waals surface area (Å²) >= 11 is 0. The first-order chi connectivity index (χ1) is 13.6. The van der Waals surface area contributed by atoms with Gasteiger partial charge in [-0.2, -0.15) is 0 Å². The molecule has 0 atom stereocenters. The topological polar surface area (TPSA) is 96.0 Å². The zero-order valence-corrected chi connectivity index (χ0v) is 15.6. The minimum atomic E-state index is -0.603. The summed E-state index contributed by atoms with van der Waals surface area (Å²) in [5.41, 5.74) is 1.56. The second-order valence-corrected chi connectivity index (χ2v) is 6.34. The number of hydrogen-bond acceptors (Lipinski definition) is 4. The van der Waals surface area contributed by atoms with Crippen LogP contribution in [0.2, 0.25) is 0 Å². The molecule has 1 aromatic heterocycles. The highest BCUT2D eigenvalue weighted by Crippen LogP contribution is 2.38. The van der Waals surface area contributed by atoms with Crippen LogP contribution in [-0.4, -0.2) is 28.0 Å². The molecule has 0 unspecified atom stereocenters. The van der Waals surface area contributed by atoms with Crippen molar-refractivity contribution in [2.24, 2.45) is 10.2 Å². The van der Waals surface area contributed by atoms with Gasteiger partial charge >= 0.3 is 0 Å². The van der Waals surface area contributed by atoms with E-state index in [2.05, 4.69) is 22.5 Å². The molecule has 0 fully saturated rings. The largest absolute Gasteiger partial charge is 0.493 e. The molecule has 1 heterocycles. The van der Waals surface area contributed by atoms with E-state index in [4.69, 9.17) is 0 Å². The molecule has 7 nitrogen and oxygen atoms in total. The second-order valence-electron chi connectivity index (χ2n) is 6.34. The number of hydrogen-bond donors (Lipinski definition) is 2. The van der Waals surface area contributed by atoms with Crippen molar-refractivity contribution < 1.29 is 14.7 Å². The molecule has 3 rings (SSSR count). The van der Waals surface area contributed by atoms with Gasteiger partial charge in [0, 0.05) is 17.5 Å². The highest BCUT2D eigenvalue weighted by Gasteiger charge is 2.16. The average molecular weight is 378 g/mol. The first-order valence-electron chi connectivity index (χ1n) is 9.19. The van der Waals surface area contributed by atoms with Crippen molar-refractivity contribution >= 4 is 28.4 Å². The van der Waals surface area contributed by atoms with E-state index in [0.717, 1.165) is 23.7 Å². The predicted molar refractivity (Wildman–Crippen MR) is 107 cm³/mol. The van der Waals surface area contributed by atoms with Gasteiger partial charge < -0.3 is 15.0 Å². The first-order valence-corrected chi connectivity index (χ1v) is 9.19. The van der Waals surface area contributed by atoms with Crippen molar-refractivity contribution in [3.63, 3.8) is 0 Å². The third kappa shape index (κ3) is 4.25. The number of aromatic hydroxyl groups is 1. The van der Waals surface area contributed by atoms with Gasteiger partial charge in [0.2, 0.25) is 5.88 Å². The van der Waals surface area contributed by atoms with Crippen LogP contribution in [0.4, 0.5) is 5.69 Å². The van der Waals surface area contributed by atoms with Crippen molar-refractivity contribution in [3.8, 4) is 5.88 Å². The van der Waals surface area contributed by atoms with E-state index in [1.807, 2.05) is 24.3 Å². The van der Waals surface area contributed by atoms with Crippen LogP contribution in [0.3, 0.4) is 0 Å². The Balaban J connectivity index is 1.73. The number of para-hydroxylation sites is 1. The fourth-order valence-corrected chi connectivity index (χ4v) is 2.90. The summed E-state index contributed by atoms with van der Waals surface area (Å²) in [4.78, 5) is 24.0. The zero-order chi connectivity index (χ0) is 19.9. The van der Waals surface area contributed by atoms with Gasteiger partial charge in [-0.05, 0) is 24.6 Å². The molecule has 0 spiro atoms. The van der Waals surface area contributed by atoms with E-state index in [9.17, 15) is 14.7 Å². The smallest absolute Gasteiger partial charge is 0.283 e. The van der Waals surface area contributed by atoms with Crippen molar-refractivity contribution in [2.45, 2.75) is 26.3 Å². The van der Waals surface area contributed by atoms with Gasteiger partial charge in [-0.1, -0.05) is 49.7 Å². The average Bonchev–Trinajstić information content (AvgIpc) is 3.00. The third-order valence-electron chi connectivity index (χ3n) is 4.35. The number of benzene rings is 2. The van der Waals surface area contributed by atoms with Crippen molar-refractivity contribution in [3.05, 3.63) is 60.2 Å². The molecule has 3 aromatic rings. The fourth-order valence-electron chi connectivity index (χ4n) is 2.90. The van der Waals surface area contributed by atoms with Crippen LogP contribution in [0, 0.1) is 0 Å². The standard InChI is InChI=1S/C21H22N4O3/c1-2-3-13-25-17-12-8-7-11-16(17)19(21(25)28)24-23-18(26)14-22-20(27)15-9-5-4-6-10-15/h4-12,28H,2-3,13-14H2,1H3,(H,22,27). The maximum atomic E-state index is 12.0. The summed E-state index contributed by atoms with van der Waals surface area (Å²) in [5, 5.41) is 21.4. The van der Waals surface area contributed by atoms with Crippen LogP contribution in [-0.2, 0) is 11.3 Å². The molecule has 144 valence electrons. The van der Waals surface area contributed by atoms with E-state index >= 15 is 0 Å². The predicted octanol–water partition coefficient (Wildman–Crippen LogP) is 4.19. The summed E-state index contributed by atoms with van der Waals surface area (Å²) in [6.07, 6.45) is 1.90. The maximum absolute atomic E-state index is 12.0. The number of aromatic nitrogens is 1. The van der Waals surface area contributed by atoms with Crippen LogP contribution >= 0.6 is 0 Å². The van der Waals surface area contributed by atoms with Gasteiger partial charge in [0.05, 0.1) is 5.52 Å². The quantitative estimate of drug-likeness (QED) is 0.603. The van der Waals surface area contributed by atoms with E-state index in [1.54, 1.807) is 34.9 Å². The van der Waals surface area contributed by atoms with Gasteiger partial charge in [0.25, 0.3) is 11.8 Å². The molecule has 2 N–H and O–H groups in total. The number of rotatable bonds is 7. The van der Waals surface area contributed by atoms with Gasteiger partial charge in [-0.15, -0.1) is 10.2 Å².